The number of fused-ring (bicyclic) bond motifs is 4. The molecule has 2 saturated heterocycles. The molecule has 2 heterocycles. The van der Waals surface area contributed by atoms with E-state index < -0.39 is 11.7 Å². The van der Waals surface area contributed by atoms with Crippen molar-refractivity contribution >= 4 is 5.69 Å². The summed E-state index contributed by atoms with van der Waals surface area (Å²) in [6, 6.07) is 24.1. The fraction of sp³-hybridized carbons (Fsp3) is 0.438. The molecule has 38 heavy (non-hydrogen) atoms. The van der Waals surface area contributed by atoms with Crippen LogP contribution in [0.25, 0.3) is 0 Å². The summed E-state index contributed by atoms with van der Waals surface area (Å²) in [5, 5.41) is 0. The number of benzene rings is 3. The SMILES string of the molecule is FC(F)(F)c1ccc(N2CCN(CCCN3CC4C56c7ccccc7C(c7ccccc75)C46C3)CC2)cc1. The van der Waals surface area contributed by atoms with Crippen LogP contribution in [0.3, 0.4) is 0 Å². The van der Waals surface area contributed by atoms with Crippen molar-refractivity contribution in [2.75, 3.05) is 57.3 Å². The van der Waals surface area contributed by atoms with Crippen LogP contribution in [0.5, 0.6) is 0 Å². The predicted octanol–water partition coefficient (Wildman–Crippen LogP) is 5.59. The zero-order valence-corrected chi connectivity index (χ0v) is 21.4. The molecule has 2 bridgehead atoms. The lowest BCUT2D eigenvalue weighted by Gasteiger charge is -2.36. The Morgan fingerprint density at radius 2 is 1.34 bits per heavy atom. The van der Waals surface area contributed by atoms with Crippen molar-refractivity contribution < 1.29 is 13.2 Å². The Bertz CT molecular complexity index is 1340. The maximum Gasteiger partial charge on any atom is 0.416 e. The number of hydrogen-bond acceptors (Lipinski definition) is 3. The average molecular weight is 516 g/mol. The van der Waals surface area contributed by atoms with Crippen molar-refractivity contribution in [3.8, 4) is 0 Å². The molecule has 3 nitrogen and oxygen atoms in total. The molecule has 3 aliphatic carbocycles. The summed E-state index contributed by atoms with van der Waals surface area (Å²) in [5.41, 5.74) is 7.31. The smallest absolute Gasteiger partial charge is 0.369 e. The van der Waals surface area contributed by atoms with Crippen molar-refractivity contribution in [2.45, 2.75) is 23.9 Å². The summed E-state index contributed by atoms with van der Waals surface area (Å²) in [5.74, 6) is 1.31. The molecule has 3 aromatic carbocycles. The predicted molar refractivity (Wildman–Crippen MR) is 143 cm³/mol. The summed E-state index contributed by atoms with van der Waals surface area (Å²) in [6.45, 7) is 8.29. The molecule has 2 unspecified atom stereocenters. The molecule has 0 radical (unpaired) electrons. The fourth-order valence-corrected chi connectivity index (χ4v) is 9.13. The van der Waals surface area contributed by atoms with E-state index in [0.29, 0.717) is 11.3 Å². The molecule has 196 valence electrons. The van der Waals surface area contributed by atoms with Crippen molar-refractivity contribution in [1.29, 1.82) is 0 Å². The highest BCUT2D eigenvalue weighted by Gasteiger charge is 2.89. The second-order valence-electron chi connectivity index (χ2n) is 12.0. The van der Waals surface area contributed by atoms with E-state index in [4.69, 9.17) is 0 Å². The first-order valence-corrected chi connectivity index (χ1v) is 14.0. The number of piperidine rings is 1. The first-order valence-electron chi connectivity index (χ1n) is 14.0. The van der Waals surface area contributed by atoms with Crippen molar-refractivity contribution in [2.24, 2.45) is 11.3 Å². The van der Waals surface area contributed by atoms with E-state index in [1.165, 1.54) is 31.6 Å². The molecule has 0 amide bonds. The van der Waals surface area contributed by atoms with Crippen molar-refractivity contribution in [3.05, 3.63) is 101 Å². The van der Waals surface area contributed by atoms with E-state index in [9.17, 15) is 13.2 Å². The minimum absolute atomic E-state index is 0.260. The number of hydrogen-bond donors (Lipinski definition) is 0. The monoisotopic (exact) mass is 515 g/mol. The fourth-order valence-electron chi connectivity index (χ4n) is 9.13. The number of piperazine rings is 1. The van der Waals surface area contributed by atoms with E-state index in [-0.39, 0.29) is 5.41 Å². The van der Waals surface area contributed by atoms with Gasteiger partial charge in [0.25, 0.3) is 0 Å². The molecular weight excluding hydrogens is 483 g/mol. The quantitative estimate of drug-likeness (QED) is 0.438. The molecule has 1 saturated carbocycles. The van der Waals surface area contributed by atoms with Crippen LogP contribution in [0.1, 0.15) is 40.2 Å². The van der Waals surface area contributed by atoms with Gasteiger partial charge >= 0.3 is 6.18 Å². The number of likely N-dealkylation sites (tertiary alicyclic amines) is 1. The van der Waals surface area contributed by atoms with E-state index in [1.807, 2.05) is 0 Å². The van der Waals surface area contributed by atoms with Gasteiger partial charge in [-0.1, -0.05) is 48.5 Å². The van der Waals surface area contributed by atoms with Gasteiger partial charge in [0.05, 0.1) is 5.56 Å². The third-order valence-electron chi connectivity index (χ3n) is 10.5. The normalized spacial score (nSPS) is 31.2. The molecule has 8 rings (SSSR count). The lowest BCUT2D eigenvalue weighted by Crippen LogP contribution is -2.47. The van der Waals surface area contributed by atoms with Crippen molar-refractivity contribution in [1.82, 2.24) is 9.80 Å². The van der Waals surface area contributed by atoms with Gasteiger partial charge in [-0.15, -0.1) is 0 Å². The zero-order chi connectivity index (χ0) is 25.7. The van der Waals surface area contributed by atoms with Gasteiger partial charge in [-0.2, -0.15) is 13.2 Å². The van der Waals surface area contributed by atoms with Crippen LogP contribution >= 0.6 is 0 Å². The highest BCUT2D eigenvalue weighted by Crippen LogP contribution is 2.89. The van der Waals surface area contributed by atoms with E-state index >= 15 is 0 Å². The number of nitrogens with zero attached hydrogens (tertiary/aromatic N) is 3. The first kappa shape index (κ1) is 23.1. The van der Waals surface area contributed by atoms with Gasteiger partial charge in [-0.3, -0.25) is 4.90 Å². The van der Waals surface area contributed by atoms with Crippen LogP contribution in [0.2, 0.25) is 0 Å². The summed E-state index contributed by atoms with van der Waals surface area (Å²) in [4.78, 5) is 7.45. The Hall–Kier alpha value is -2.83. The zero-order valence-electron chi connectivity index (χ0n) is 21.4. The van der Waals surface area contributed by atoms with Gasteiger partial charge in [-0.05, 0) is 71.9 Å². The number of halogens is 3. The van der Waals surface area contributed by atoms with Crippen LogP contribution in [-0.4, -0.2) is 62.2 Å². The van der Waals surface area contributed by atoms with Crippen LogP contribution in [0.4, 0.5) is 18.9 Å². The minimum Gasteiger partial charge on any atom is -0.369 e. The van der Waals surface area contributed by atoms with Crippen LogP contribution in [0.15, 0.2) is 72.8 Å². The molecule has 2 atom stereocenters. The standard InChI is InChI=1S/C32H32F3N3/c33-32(34,35)22-10-12-23(13-11-22)38-18-16-36(17-19-38)14-5-15-37-20-28-30(21-37)29-24-6-1-3-8-26(24)31(28,30)27-9-4-2-7-25(27)29/h1-4,6-13,28-29H,5,14-21H2. The molecule has 3 fully saturated rings. The van der Waals surface area contributed by atoms with E-state index in [1.54, 1.807) is 34.4 Å². The number of alkyl halides is 3. The van der Waals surface area contributed by atoms with Crippen LogP contribution in [-0.2, 0) is 11.6 Å². The largest absolute Gasteiger partial charge is 0.416 e. The van der Waals surface area contributed by atoms with Gasteiger partial charge in [0.15, 0.2) is 0 Å². The molecular formula is C32H32F3N3. The third-order valence-corrected chi connectivity index (χ3v) is 10.5. The first-order chi connectivity index (χ1) is 18.4. The maximum absolute atomic E-state index is 12.9. The molecule has 2 aliphatic heterocycles. The molecule has 5 aliphatic rings. The Labute approximate surface area is 221 Å². The average Bonchev–Trinajstić information content (AvgIpc) is 3.20. The third kappa shape index (κ3) is 2.88. The summed E-state index contributed by atoms with van der Waals surface area (Å²) in [7, 11) is 0. The Kier molecular flexibility index (Phi) is 4.77. The van der Waals surface area contributed by atoms with Gasteiger partial charge in [0, 0.05) is 61.7 Å². The highest BCUT2D eigenvalue weighted by molar-refractivity contribution is 5.75. The Morgan fingerprint density at radius 3 is 1.97 bits per heavy atom. The highest BCUT2D eigenvalue weighted by atomic mass is 19.4. The van der Waals surface area contributed by atoms with Gasteiger partial charge in [0.1, 0.15) is 0 Å². The summed E-state index contributed by atoms with van der Waals surface area (Å²) < 4.78 is 38.6. The summed E-state index contributed by atoms with van der Waals surface area (Å²) >= 11 is 0. The van der Waals surface area contributed by atoms with Crippen LogP contribution < -0.4 is 4.90 Å². The second kappa shape index (κ2) is 7.86. The second-order valence-corrected chi connectivity index (χ2v) is 12.0. The number of anilines is 1. The van der Waals surface area contributed by atoms with Gasteiger partial charge in [0.2, 0.25) is 0 Å². The van der Waals surface area contributed by atoms with Crippen LogP contribution in [0, 0.1) is 11.3 Å². The lowest BCUT2D eigenvalue weighted by molar-refractivity contribution is -0.137. The molecule has 0 N–H and O–H groups in total. The molecule has 6 heteroatoms. The Morgan fingerprint density at radius 1 is 0.737 bits per heavy atom. The summed E-state index contributed by atoms with van der Waals surface area (Å²) in [6.07, 6.45) is -3.11. The number of rotatable bonds is 5. The van der Waals surface area contributed by atoms with E-state index in [0.717, 1.165) is 50.9 Å². The molecule has 0 aromatic heterocycles. The van der Waals surface area contributed by atoms with E-state index in [2.05, 4.69) is 63.2 Å². The molecule has 1 spiro atoms. The van der Waals surface area contributed by atoms with Crippen molar-refractivity contribution in [3.63, 3.8) is 0 Å². The minimum atomic E-state index is -4.28. The maximum atomic E-state index is 12.9. The lowest BCUT2D eigenvalue weighted by atomic mass is 9.75. The molecule has 3 aromatic rings. The topological polar surface area (TPSA) is 9.72 Å². The van der Waals surface area contributed by atoms with Gasteiger partial charge in [-0.25, -0.2) is 0 Å². The van der Waals surface area contributed by atoms with Gasteiger partial charge < -0.3 is 9.80 Å². The Balaban J connectivity index is 0.876.